The minimum absolute atomic E-state index is 0.390. The summed E-state index contributed by atoms with van der Waals surface area (Å²) in [6, 6.07) is 7.68. The van der Waals surface area contributed by atoms with Gasteiger partial charge < -0.3 is 10.2 Å². The van der Waals surface area contributed by atoms with Crippen LogP contribution >= 0.6 is 15.9 Å². The van der Waals surface area contributed by atoms with E-state index >= 15 is 0 Å². The molecule has 106 valence electrons. The standard InChI is InChI=1S/C16H25BrN2/c1-11(2)19(10-13-5-6-13)16-8-7-14(9-15(16)17)12(3)18-4/h7-9,11-13,18H,5-6,10H2,1-4H3. The third-order valence-corrected chi connectivity index (χ3v) is 4.62. The molecule has 19 heavy (non-hydrogen) atoms. The maximum Gasteiger partial charge on any atom is 0.0513 e. The zero-order valence-corrected chi connectivity index (χ0v) is 14.0. The molecule has 0 aliphatic heterocycles. The predicted octanol–water partition coefficient (Wildman–Crippen LogP) is 4.35. The summed E-state index contributed by atoms with van der Waals surface area (Å²) in [6.07, 6.45) is 2.80. The number of benzene rings is 1. The van der Waals surface area contributed by atoms with Crippen molar-refractivity contribution < 1.29 is 0 Å². The topological polar surface area (TPSA) is 15.3 Å². The summed E-state index contributed by atoms with van der Waals surface area (Å²) >= 11 is 3.75. The lowest BCUT2D eigenvalue weighted by molar-refractivity contribution is 0.639. The Balaban J connectivity index is 2.21. The predicted molar refractivity (Wildman–Crippen MR) is 86.8 cm³/mol. The molecule has 1 aromatic carbocycles. The van der Waals surface area contributed by atoms with E-state index in [1.165, 1.54) is 35.1 Å². The van der Waals surface area contributed by atoms with E-state index < -0.39 is 0 Å². The molecule has 1 saturated carbocycles. The highest BCUT2D eigenvalue weighted by atomic mass is 79.9. The van der Waals surface area contributed by atoms with E-state index in [1.807, 2.05) is 7.05 Å². The van der Waals surface area contributed by atoms with Crippen molar-refractivity contribution in [3.05, 3.63) is 28.2 Å². The van der Waals surface area contributed by atoms with Crippen LogP contribution in [0.1, 0.15) is 45.2 Å². The molecule has 0 heterocycles. The Morgan fingerprint density at radius 1 is 1.32 bits per heavy atom. The van der Waals surface area contributed by atoms with E-state index in [9.17, 15) is 0 Å². The first-order chi connectivity index (χ1) is 9.02. The number of nitrogens with zero attached hydrogens (tertiary/aromatic N) is 1. The molecule has 0 saturated heterocycles. The van der Waals surface area contributed by atoms with Gasteiger partial charge >= 0.3 is 0 Å². The zero-order valence-electron chi connectivity index (χ0n) is 12.4. The number of halogens is 1. The zero-order chi connectivity index (χ0) is 14.0. The second-order valence-electron chi connectivity index (χ2n) is 5.91. The lowest BCUT2D eigenvalue weighted by atomic mass is 10.1. The number of rotatable bonds is 6. The molecular weight excluding hydrogens is 300 g/mol. The van der Waals surface area contributed by atoms with Gasteiger partial charge in [-0.15, -0.1) is 0 Å². The maximum atomic E-state index is 3.75. The highest BCUT2D eigenvalue weighted by Crippen LogP contribution is 2.36. The van der Waals surface area contributed by atoms with Crippen molar-refractivity contribution in [3.63, 3.8) is 0 Å². The normalized spacial score (nSPS) is 16.7. The molecule has 1 N–H and O–H groups in total. The smallest absolute Gasteiger partial charge is 0.0513 e. The summed E-state index contributed by atoms with van der Waals surface area (Å²) < 4.78 is 1.21. The van der Waals surface area contributed by atoms with Gasteiger partial charge in [0.15, 0.2) is 0 Å². The molecule has 0 radical (unpaired) electrons. The summed E-state index contributed by atoms with van der Waals surface area (Å²) in [5, 5.41) is 3.29. The van der Waals surface area contributed by atoms with Gasteiger partial charge in [-0.25, -0.2) is 0 Å². The summed E-state index contributed by atoms with van der Waals surface area (Å²) in [6.45, 7) is 7.93. The first-order valence-corrected chi connectivity index (χ1v) is 8.05. The van der Waals surface area contributed by atoms with E-state index in [0.29, 0.717) is 12.1 Å². The molecule has 2 nitrogen and oxygen atoms in total. The molecule has 1 fully saturated rings. The number of hydrogen-bond donors (Lipinski definition) is 1. The highest BCUT2D eigenvalue weighted by Gasteiger charge is 2.26. The summed E-state index contributed by atoms with van der Waals surface area (Å²) in [5.41, 5.74) is 2.65. The second kappa shape index (κ2) is 6.27. The Morgan fingerprint density at radius 2 is 2.00 bits per heavy atom. The fraction of sp³-hybridized carbons (Fsp3) is 0.625. The van der Waals surface area contributed by atoms with Crippen LogP contribution in [0.3, 0.4) is 0 Å². The molecule has 1 aromatic rings. The van der Waals surface area contributed by atoms with Gasteiger partial charge in [0.25, 0.3) is 0 Å². The van der Waals surface area contributed by atoms with Gasteiger partial charge in [0.1, 0.15) is 0 Å². The quantitative estimate of drug-likeness (QED) is 0.836. The van der Waals surface area contributed by atoms with Crippen molar-refractivity contribution >= 4 is 21.6 Å². The van der Waals surface area contributed by atoms with Crippen molar-refractivity contribution in [1.82, 2.24) is 5.32 Å². The maximum absolute atomic E-state index is 3.75. The number of anilines is 1. The van der Waals surface area contributed by atoms with Crippen LogP contribution < -0.4 is 10.2 Å². The Hall–Kier alpha value is -0.540. The molecule has 2 rings (SSSR count). The third-order valence-electron chi connectivity index (χ3n) is 3.99. The monoisotopic (exact) mass is 324 g/mol. The Labute approximate surface area is 125 Å². The van der Waals surface area contributed by atoms with Crippen molar-refractivity contribution in [2.24, 2.45) is 5.92 Å². The highest BCUT2D eigenvalue weighted by molar-refractivity contribution is 9.10. The van der Waals surface area contributed by atoms with Gasteiger partial charge in [0.05, 0.1) is 5.69 Å². The molecule has 3 heteroatoms. The minimum atomic E-state index is 0.390. The average molecular weight is 325 g/mol. The summed E-state index contributed by atoms with van der Waals surface area (Å²) in [5.74, 6) is 0.908. The molecule has 1 atom stereocenters. The van der Waals surface area contributed by atoms with Crippen LogP contribution in [0.15, 0.2) is 22.7 Å². The fourth-order valence-corrected chi connectivity index (χ4v) is 2.98. The van der Waals surface area contributed by atoms with Crippen LogP contribution in [0.4, 0.5) is 5.69 Å². The molecule has 0 spiro atoms. The van der Waals surface area contributed by atoms with E-state index in [0.717, 1.165) is 5.92 Å². The van der Waals surface area contributed by atoms with Crippen molar-refractivity contribution in [3.8, 4) is 0 Å². The van der Waals surface area contributed by atoms with E-state index in [1.54, 1.807) is 0 Å². The lowest BCUT2D eigenvalue weighted by Crippen LogP contribution is -2.33. The lowest BCUT2D eigenvalue weighted by Gasteiger charge is -2.30. The molecule has 1 aliphatic rings. The molecule has 1 aliphatic carbocycles. The van der Waals surface area contributed by atoms with Crippen LogP contribution in [-0.4, -0.2) is 19.6 Å². The van der Waals surface area contributed by atoms with Crippen molar-refractivity contribution in [2.75, 3.05) is 18.5 Å². The molecule has 0 bridgehead atoms. The second-order valence-corrected chi connectivity index (χ2v) is 6.77. The van der Waals surface area contributed by atoms with Crippen molar-refractivity contribution in [1.29, 1.82) is 0 Å². The van der Waals surface area contributed by atoms with Crippen LogP contribution in [0, 0.1) is 5.92 Å². The Bertz CT molecular complexity index is 427. The van der Waals surface area contributed by atoms with Gasteiger partial charge in [-0.05, 0) is 80.2 Å². The SMILES string of the molecule is CNC(C)c1ccc(N(CC2CC2)C(C)C)c(Br)c1. The van der Waals surface area contributed by atoms with E-state index in [2.05, 4.69) is 65.1 Å². The largest absolute Gasteiger partial charge is 0.368 e. The van der Waals surface area contributed by atoms with Crippen LogP contribution in [0.2, 0.25) is 0 Å². The Morgan fingerprint density at radius 3 is 2.47 bits per heavy atom. The van der Waals surface area contributed by atoms with Crippen LogP contribution in [0.5, 0.6) is 0 Å². The number of hydrogen-bond acceptors (Lipinski definition) is 2. The van der Waals surface area contributed by atoms with Gasteiger partial charge in [0, 0.05) is 23.1 Å². The van der Waals surface area contributed by atoms with E-state index in [4.69, 9.17) is 0 Å². The Kier molecular flexibility index (Phi) is 4.91. The van der Waals surface area contributed by atoms with Gasteiger partial charge in [-0.3, -0.25) is 0 Å². The third kappa shape index (κ3) is 3.73. The van der Waals surface area contributed by atoms with E-state index in [-0.39, 0.29) is 0 Å². The van der Waals surface area contributed by atoms with Crippen molar-refractivity contribution in [2.45, 2.75) is 45.7 Å². The van der Waals surface area contributed by atoms with Crippen LogP contribution in [0.25, 0.3) is 0 Å². The van der Waals surface area contributed by atoms with Crippen LogP contribution in [-0.2, 0) is 0 Å². The summed E-state index contributed by atoms with van der Waals surface area (Å²) in [7, 11) is 2.00. The van der Waals surface area contributed by atoms with Gasteiger partial charge in [0.2, 0.25) is 0 Å². The summed E-state index contributed by atoms with van der Waals surface area (Å²) in [4.78, 5) is 2.52. The molecule has 1 unspecified atom stereocenters. The first-order valence-electron chi connectivity index (χ1n) is 7.26. The fourth-order valence-electron chi connectivity index (χ4n) is 2.36. The van der Waals surface area contributed by atoms with Gasteiger partial charge in [-0.2, -0.15) is 0 Å². The van der Waals surface area contributed by atoms with Gasteiger partial charge in [-0.1, -0.05) is 6.07 Å². The molecule has 0 amide bonds. The first kappa shape index (κ1) is 14.9. The molecule has 0 aromatic heterocycles. The molecular formula is C16H25BrN2. The average Bonchev–Trinajstić information content (AvgIpc) is 3.19. The number of nitrogens with one attached hydrogen (secondary N) is 1. The minimum Gasteiger partial charge on any atom is -0.368 e.